The minimum absolute atomic E-state index is 0.0175. The molecule has 2 rings (SSSR count). The Hall–Kier alpha value is -1.64. The molecule has 0 aliphatic heterocycles. The highest BCUT2D eigenvalue weighted by Crippen LogP contribution is 2.23. The van der Waals surface area contributed by atoms with Crippen molar-refractivity contribution in [3.63, 3.8) is 0 Å². The van der Waals surface area contributed by atoms with E-state index in [9.17, 15) is 13.2 Å². The fourth-order valence-electron chi connectivity index (χ4n) is 2.21. The van der Waals surface area contributed by atoms with Gasteiger partial charge in [-0.1, -0.05) is 41.4 Å². The van der Waals surface area contributed by atoms with Gasteiger partial charge in [-0.3, -0.25) is 4.79 Å². The van der Waals surface area contributed by atoms with E-state index in [1.165, 1.54) is 24.3 Å². The highest BCUT2D eigenvalue weighted by Gasteiger charge is 2.27. The minimum Gasteiger partial charge on any atom is -0.395 e. The van der Waals surface area contributed by atoms with Crippen LogP contribution in [-0.4, -0.2) is 43.4 Å². The van der Waals surface area contributed by atoms with E-state index in [2.05, 4.69) is 5.32 Å². The van der Waals surface area contributed by atoms with Crippen LogP contribution in [0, 0.1) is 0 Å². The average Bonchev–Trinajstić information content (AvgIpc) is 2.61. The number of sulfonamides is 1. The van der Waals surface area contributed by atoms with Gasteiger partial charge in [0.15, 0.2) is 0 Å². The third-order valence-electron chi connectivity index (χ3n) is 3.51. The number of amides is 1. The van der Waals surface area contributed by atoms with Gasteiger partial charge in [0.25, 0.3) is 0 Å². The molecule has 0 heterocycles. The van der Waals surface area contributed by atoms with Gasteiger partial charge in [-0.15, -0.1) is 0 Å². The van der Waals surface area contributed by atoms with Gasteiger partial charge in [0, 0.05) is 23.1 Å². The molecule has 0 fully saturated rings. The summed E-state index contributed by atoms with van der Waals surface area (Å²) in [6, 6.07) is 12.5. The van der Waals surface area contributed by atoms with E-state index in [4.69, 9.17) is 28.3 Å². The minimum atomic E-state index is -3.96. The van der Waals surface area contributed by atoms with Crippen molar-refractivity contribution < 1.29 is 18.3 Å². The molecular formula is C17H18Cl2N2O4S. The first kappa shape index (κ1) is 20.7. The van der Waals surface area contributed by atoms with Crippen LogP contribution in [0.15, 0.2) is 53.4 Å². The second kappa shape index (κ2) is 9.34. The van der Waals surface area contributed by atoms with Crippen LogP contribution in [0.3, 0.4) is 0 Å². The Morgan fingerprint density at radius 3 is 2.35 bits per heavy atom. The van der Waals surface area contributed by atoms with E-state index >= 15 is 0 Å². The standard InChI is InChI=1S/C17H18Cl2N2O4S/c18-14-5-7-15(8-6-14)26(24,25)21(12-17(23)20-9-10-22)11-13-3-1-2-4-16(13)19/h1-8,22H,9-12H2,(H,20,23). The number of benzene rings is 2. The molecule has 6 nitrogen and oxygen atoms in total. The van der Waals surface area contributed by atoms with Gasteiger partial charge < -0.3 is 10.4 Å². The van der Waals surface area contributed by atoms with Gasteiger partial charge in [0.05, 0.1) is 18.0 Å². The smallest absolute Gasteiger partial charge is 0.243 e. The van der Waals surface area contributed by atoms with Gasteiger partial charge >= 0.3 is 0 Å². The normalized spacial score (nSPS) is 11.5. The molecular weight excluding hydrogens is 399 g/mol. The summed E-state index contributed by atoms with van der Waals surface area (Å²) >= 11 is 12.0. The quantitative estimate of drug-likeness (QED) is 0.690. The molecule has 0 aliphatic carbocycles. The third-order valence-corrected chi connectivity index (χ3v) is 5.94. The Kier molecular flexibility index (Phi) is 7.43. The van der Waals surface area contributed by atoms with Crippen molar-refractivity contribution in [3.8, 4) is 0 Å². The average molecular weight is 417 g/mol. The van der Waals surface area contributed by atoms with Crippen LogP contribution < -0.4 is 5.32 Å². The van der Waals surface area contributed by atoms with Crippen molar-refractivity contribution in [2.45, 2.75) is 11.4 Å². The van der Waals surface area contributed by atoms with Gasteiger partial charge in [0.1, 0.15) is 0 Å². The Balaban J connectivity index is 2.34. The molecule has 26 heavy (non-hydrogen) atoms. The molecule has 2 aromatic carbocycles. The van der Waals surface area contributed by atoms with Crippen molar-refractivity contribution in [2.75, 3.05) is 19.7 Å². The summed E-state index contributed by atoms with van der Waals surface area (Å²) in [5.74, 6) is -0.524. The lowest BCUT2D eigenvalue weighted by Crippen LogP contribution is -2.41. The first-order valence-electron chi connectivity index (χ1n) is 7.71. The number of halogens is 2. The number of nitrogens with one attached hydrogen (secondary N) is 1. The zero-order valence-electron chi connectivity index (χ0n) is 13.7. The monoisotopic (exact) mass is 416 g/mol. The van der Waals surface area contributed by atoms with Crippen molar-refractivity contribution in [1.29, 1.82) is 0 Å². The summed E-state index contributed by atoms with van der Waals surface area (Å²) < 4.78 is 27.0. The van der Waals surface area contributed by atoms with E-state index in [1.807, 2.05) is 0 Å². The number of hydrogen-bond acceptors (Lipinski definition) is 4. The zero-order valence-corrected chi connectivity index (χ0v) is 16.1. The molecule has 140 valence electrons. The fraction of sp³-hybridized carbons (Fsp3) is 0.235. The predicted octanol–water partition coefficient (Wildman–Crippen LogP) is 2.29. The number of aliphatic hydroxyl groups excluding tert-OH is 1. The molecule has 0 aromatic heterocycles. The van der Waals surface area contributed by atoms with Crippen molar-refractivity contribution in [2.24, 2.45) is 0 Å². The molecule has 0 aliphatic rings. The van der Waals surface area contributed by atoms with Crippen LogP contribution in [0.4, 0.5) is 0 Å². The number of carbonyl (C=O) groups excluding carboxylic acids is 1. The Bertz CT molecular complexity index is 857. The summed E-state index contributed by atoms with van der Waals surface area (Å²) in [5, 5.41) is 12.1. The van der Waals surface area contributed by atoms with E-state index in [1.54, 1.807) is 24.3 Å². The van der Waals surface area contributed by atoms with E-state index in [0.717, 1.165) is 4.31 Å². The first-order valence-corrected chi connectivity index (χ1v) is 9.91. The molecule has 2 N–H and O–H groups in total. The number of nitrogens with zero attached hydrogens (tertiary/aromatic N) is 1. The lowest BCUT2D eigenvalue weighted by atomic mass is 10.2. The number of hydrogen-bond donors (Lipinski definition) is 2. The van der Waals surface area contributed by atoms with Crippen molar-refractivity contribution >= 4 is 39.1 Å². The van der Waals surface area contributed by atoms with E-state index in [-0.39, 0.29) is 24.6 Å². The van der Waals surface area contributed by atoms with E-state index < -0.39 is 22.5 Å². The Labute approximate surface area is 162 Å². The van der Waals surface area contributed by atoms with Gasteiger partial charge in [-0.05, 0) is 35.9 Å². The summed E-state index contributed by atoms with van der Waals surface area (Å²) in [4.78, 5) is 12.1. The number of rotatable bonds is 8. The second-order valence-electron chi connectivity index (χ2n) is 5.39. The lowest BCUT2D eigenvalue weighted by molar-refractivity contribution is -0.121. The predicted molar refractivity (Wildman–Crippen MR) is 101 cm³/mol. The molecule has 1 amide bonds. The highest BCUT2D eigenvalue weighted by molar-refractivity contribution is 7.89. The molecule has 0 spiro atoms. The Morgan fingerprint density at radius 1 is 1.08 bits per heavy atom. The van der Waals surface area contributed by atoms with Crippen LogP contribution in [0.5, 0.6) is 0 Å². The summed E-state index contributed by atoms with van der Waals surface area (Å²) in [6.45, 7) is -0.673. The van der Waals surface area contributed by atoms with Crippen LogP contribution in [0.1, 0.15) is 5.56 Å². The van der Waals surface area contributed by atoms with E-state index in [0.29, 0.717) is 15.6 Å². The largest absolute Gasteiger partial charge is 0.395 e. The van der Waals surface area contributed by atoms with Gasteiger partial charge in [-0.2, -0.15) is 4.31 Å². The third kappa shape index (κ3) is 5.43. The lowest BCUT2D eigenvalue weighted by Gasteiger charge is -2.22. The molecule has 0 saturated carbocycles. The molecule has 0 unspecified atom stereocenters. The van der Waals surface area contributed by atoms with Gasteiger partial charge in [-0.25, -0.2) is 8.42 Å². The van der Waals surface area contributed by atoms with Crippen LogP contribution in [0.2, 0.25) is 10.0 Å². The molecule has 2 aromatic rings. The molecule has 0 bridgehead atoms. The maximum atomic E-state index is 13.0. The van der Waals surface area contributed by atoms with Crippen LogP contribution in [0.25, 0.3) is 0 Å². The maximum absolute atomic E-state index is 13.0. The zero-order chi connectivity index (χ0) is 19.2. The molecule has 0 atom stereocenters. The summed E-state index contributed by atoms with van der Waals surface area (Å²) in [7, 11) is -3.96. The van der Waals surface area contributed by atoms with Crippen molar-refractivity contribution in [3.05, 3.63) is 64.1 Å². The van der Waals surface area contributed by atoms with Crippen molar-refractivity contribution in [1.82, 2.24) is 9.62 Å². The summed E-state index contributed by atoms with van der Waals surface area (Å²) in [6.07, 6.45) is 0. The molecule has 0 radical (unpaired) electrons. The Morgan fingerprint density at radius 2 is 1.73 bits per heavy atom. The first-order chi connectivity index (χ1) is 12.3. The van der Waals surface area contributed by atoms with Crippen LogP contribution >= 0.6 is 23.2 Å². The van der Waals surface area contributed by atoms with Gasteiger partial charge in [0.2, 0.25) is 15.9 Å². The SMILES string of the molecule is O=C(CN(Cc1ccccc1Cl)S(=O)(=O)c1ccc(Cl)cc1)NCCO. The highest BCUT2D eigenvalue weighted by atomic mass is 35.5. The number of aliphatic hydroxyl groups is 1. The molecule has 0 saturated heterocycles. The van der Waals surface area contributed by atoms with Crippen LogP contribution in [-0.2, 0) is 21.4 Å². The summed E-state index contributed by atoms with van der Waals surface area (Å²) in [5.41, 5.74) is 0.571. The second-order valence-corrected chi connectivity index (χ2v) is 8.17. The number of carbonyl (C=O) groups is 1. The topological polar surface area (TPSA) is 86.7 Å². The maximum Gasteiger partial charge on any atom is 0.243 e. The fourth-order valence-corrected chi connectivity index (χ4v) is 3.91. The molecule has 9 heteroatoms.